The number of hydrogen-bond donors (Lipinski definition) is 0. The molecule has 0 N–H and O–H groups in total. The van der Waals surface area contributed by atoms with E-state index in [0.717, 1.165) is 49.3 Å². The van der Waals surface area contributed by atoms with Crippen LogP contribution >= 0.6 is 0 Å². The first-order valence-corrected chi connectivity index (χ1v) is 9.94. The van der Waals surface area contributed by atoms with Gasteiger partial charge in [0.1, 0.15) is 17.5 Å². The molecule has 0 spiro atoms. The van der Waals surface area contributed by atoms with Crippen LogP contribution < -0.4 is 4.90 Å². The van der Waals surface area contributed by atoms with Gasteiger partial charge in [0.2, 0.25) is 0 Å². The number of carbonyl (C=O) groups is 1. The fourth-order valence-corrected chi connectivity index (χ4v) is 5.36. The molecule has 4 aliphatic rings. The zero-order valence-corrected chi connectivity index (χ0v) is 15.3. The van der Waals surface area contributed by atoms with Crippen molar-refractivity contribution in [3.05, 3.63) is 35.5 Å². The highest BCUT2D eigenvalue weighted by Crippen LogP contribution is 2.55. The molecule has 1 aromatic heterocycles. The predicted octanol–water partition coefficient (Wildman–Crippen LogP) is 3.24. The molecule has 138 valence electrons. The number of rotatable bonds is 4. The molecular formula is C21H26N2O3. The lowest BCUT2D eigenvalue weighted by Crippen LogP contribution is -2.46. The lowest BCUT2D eigenvalue weighted by atomic mass is 9.73. The summed E-state index contributed by atoms with van der Waals surface area (Å²) in [6.45, 7) is 4.85. The summed E-state index contributed by atoms with van der Waals surface area (Å²) in [5, 5.41) is 0. The molecule has 2 aliphatic carbocycles. The molecule has 2 saturated heterocycles. The number of anilines is 1. The maximum Gasteiger partial charge on any atom is 0.337 e. The summed E-state index contributed by atoms with van der Waals surface area (Å²) in [5.74, 6) is 1.67. The van der Waals surface area contributed by atoms with Crippen LogP contribution in [0.4, 0.5) is 5.82 Å². The smallest absolute Gasteiger partial charge is 0.337 e. The quantitative estimate of drug-likeness (QED) is 0.777. The van der Waals surface area contributed by atoms with Gasteiger partial charge >= 0.3 is 5.97 Å². The summed E-state index contributed by atoms with van der Waals surface area (Å²) in [5.41, 5.74) is 1.29. The third-order valence-electron chi connectivity index (χ3n) is 6.58. The second-order valence-electron chi connectivity index (χ2n) is 8.26. The van der Waals surface area contributed by atoms with E-state index in [4.69, 9.17) is 9.47 Å². The van der Waals surface area contributed by atoms with E-state index < -0.39 is 5.60 Å². The molecule has 3 fully saturated rings. The zero-order chi connectivity index (χ0) is 17.7. The number of esters is 1. The molecule has 0 aromatic carbocycles. The van der Waals surface area contributed by atoms with Gasteiger partial charge in [0, 0.05) is 19.3 Å². The van der Waals surface area contributed by atoms with Crippen LogP contribution in [0.25, 0.3) is 0 Å². The Kier molecular flexibility index (Phi) is 3.82. The number of aromatic nitrogens is 1. The number of allylic oxidation sites excluding steroid dienone is 1. The van der Waals surface area contributed by atoms with Crippen molar-refractivity contribution in [3.8, 4) is 0 Å². The van der Waals surface area contributed by atoms with E-state index in [2.05, 4.69) is 35.0 Å². The first kappa shape index (κ1) is 16.3. The van der Waals surface area contributed by atoms with Gasteiger partial charge in [-0.2, -0.15) is 0 Å². The minimum atomic E-state index is -0.531. The maximum absolute atomic E-state index is 12.4. The number of hydrogen-bond acceptors (Lipinski definition) is 5. The Morgan fingerprint density at radius 3 is 2.92 bits per heavy atom. The molecule has 1 saturated carbocycles. The summed E-state index contributed by atoms with van der Waals surface area (Å²) in [6, 6.07) is 4.19. The summed E-state index contributed by atoms with van der Waals surface area (Å²) >= 11 is 0. The Morgan fingerprint density at radius 2 is 2.15 bits per heavy atom. The van der Waals surface area contributed by atoms with Gasteiger partial charge in [-0.25, -0.2) is 9.78 Å². The largest absolute Gasteiger partial charge is 0.455 e. The highest BCUT2D eigenvalue weighted by molar-refractivity contribution is 5.94. The van der Waals surface area contributed by atoms with Gasteiger partial charge in [0.05, 0.1) is 12.2 Å². The molecule has 5 heteroatoms. The Balaban J connectivity index is 1.35. The van der Waals surface area contributed by atoms with Gasteiger partial charge < -0.3 is 14.4 Å². The lowest BCUT2D eigenvalue weighted by molar-refractivity contribution is -0.142. The molecule has 0 radical (unpaired) electrons. The molecule has 4 atom stereocenters. The molecular weight excluding hydrogens is 328 g/mol. The minimum absolute atomic E-state index is 0.115. The topological polar surface area (TPSA) is 51.7 Å². The van der Waals surface area contributed by atoms with Crippen LogP contribution in [0.1, 0.15) is 44.6 Å². The van der Waals surface area contributed by atoms with Crippen LogP contribution in [-0.4, -0.2) is 35.7 Å². The van der Waals surface area contributed by atoms with Crippen LogP contribution in [0.15, 0.2) is 30.0 Å². The van der Waals surface area contributed by atoms with E-state index in [0.29, 0.717) is 18.4 Å². The monoisotopic (exact) mass is 354 g/mol. The summed E-state index contributed by atoms with van der Waals surface area (Å²) < 4.78 is 12.2. The molecule has 5 rings (SSSR count). The Hall–Kier alpha value is -1.88. The van der Waals surface area contributed by atoms with E-state index in [9.17, 15) is 4.79 Å². The third-order valence-corrected chi connectivity index (χ3v) is 6.58. The Morgan fingerprint density at radius 1 is 1.31 bits per heavy atom. The Bertz CT molecular complexity index is 738. The average molecular weight is 354 g/mol. The molecule has 1 aromatic rings. The van der Waals surface area contributed by atoms with E-state index >= 15 is 0 Å². The van der Waals surface area contributed by atoms with E-state index in [1.165, 1.54) is 12.8 Å². The zero-order valence-electron chi connectivity index (χ0n) is 15.3. The number of ether oxygens (including phenoxy) is 2. The van der Waals surface area contributed by atoms with Crippen molar-refractivity contribution in [2.24, 2.45) is 11.8 Å². The number of nitrogens with zero attached hydrogens (tertiary/aromatic N) is 2. The normalized spacial score (nSPS) is 35.4. The SMILES string of the molecule is CC1C=C2C(=O)O[C@@H]3CCC(C1)[C@]23OCc1ccc(N2CCCC2)nc1. The standard InChI is InChI=1S/C21H26N2O3/c1-14-10-16-5-6-18-21(16,17(11-14)20(24)26-18)25-13-15-4-7-19(22-12-15)23-8-2-3-9-23/h4,7,11-12,14,16,18H,2-3,5-6,8-10,13H2,1H3/t14?,16?,18-,21+/m1/s1. The number of carbonyl (C=O) groups excluding carboxylic acids is 1. The van der Waals surface area contributed by atoms with Gasteiger partial charge in [-0.15, -0.1) is 0 Å². The van der Waals surface area contributed by atoms with Crippen LogP contribution in [0, 0.1) is 11.8 Å². The van der Waals surface area contributed by atoms with Crippen molar-refractivity contribution in [3.63, 3.8) is 0 Å². The third kappa shape index (κ3) is 2.40. The van der Waals surface area contributed by atoms with Crippen LogP contribution in [0.5, 0.6) is 0 Å². The average Bonchev–Trinajstić information content (AvgIpc) is 3.34. The van der Waals surface area contributed by atoms with Crippen LogP contribution in [0.3, 0.4) is 0 Å². The minimum Gasteiger partial charge on any atom is -0.455 e. The van der Waals surface area contributed by atoms with E-state index in [1.807, 2.05) is 6.20 Å². The molecule has 3 heterocycles. The van der Waals surface area contributed by atoms with Crippen LogP contribution in [-0.2, 0) is 20.9 Å². The van der Waals surface area contributed by atoms with E-state index in [1.54, 1.807) is 0 Å². The summed E-state index contributed by atoms with van der Waals surface area (Å²) in [4.78, 5) is 19.3. The molecule has 5 nitrogen and oxygen atoms in total. The van der Waals surface area contributed by atoms with Crippen molar-refractivity contribution in [1.82, 2.24) is 4.98 Å². The molecule has 0 bridgehead atoms. The fraction of sp³-hybridized carbons (Fsp3) is 0.619. The summed E-state index contributed by atoms with van der Waals surface area (Å²) in [6.07, 6.45) is 9.44. The van der Waals surface area contributed by atoms with Crippen LogP contribution in [0.2, 0.25) is 0 Å². The molecule has 2 aliphatic heterocycles. The number of pyridine rings is 1. The predicted molar refractivity (Wildman–Crippen MR) is 97.7 cm³/mol. The Labute approximate surface area is 154 Å². The van der Waals surface area contributed by atoms with Gasteiger partial charge in [-0.3, -0.25) is 0 Å². The first-order valence-electron chi connectivity index (χ1n) is 9.94. The molecule has 26 heavy (non-hydrogen) atoms. The van der Waals surface area contributed by atoms with Crippen molar-refractivity contribution in [1.29, 1.82) is 0 Å². The van der Waals surface area contributed by atoms with Crippen molar-refractivity contribution >= 4 is 11.8 Å². The summed E-state index contributed by atoms with van der Waals surface area (Å²) in [7, 11) is 0. The lowest BCUT2D eigenvalue weighted by Gasteiger charge is -2.38. The van der Waals surface area contributed by atoms with Crippen molar-refractivity contribution in [2.45, 2.75) is 57.3 Å². The van der Waals surface area contributed by atoms with E-state index in [-0.39, 0.29) is 12.1 Å². The highest BCUT2D eigenvalue weighted by atomic mass is 16.6. The highest BCUT2D eigenvalue weighted by Gasteiger charge is 2.63. The first-order chi connectivity index (χ1) is 12.7. The second kappa shape index (κ2) is 6.08. The van der Waals surface area contributed by atoms with Gasteiger partial charge in [0.15, 0.2) is 0 Å². The van der Waals surface area contributed by atoms with Gasteiger partial charge in [-0.1, -0.05) is 19.1 Å². The maximum atomic E-state index is 12.4. The van der Waals surface area contributed by atoms with Gasteiger partial charge in [-0.05, 0) is 55.6 Å². The molecule has 0 amide bonds. The van der Waals surface area contributed by atoms with Crippen molar-refractivity contribution in [2.75, 3.05) is 18.0 Å². The van der Waals surface area contributed by atoms with Crippen molar-refractivity contribution < 1.29 is 14.3 Å². The fourth-order valence-electron chi connectivity index (χ4n) is 5.36. The molecule has 2 unspecified atom stereocenters. The second-order valence-corrected chi connectivity index (χ2v) is 8.26. The van der Waals surface area contributed by atoms with Gasteiger partial charge in [0.25, 0.3) is 0 Å².